The Morgan fingerprint density at radius 3 is 2.82 bits per heavy atom. The van der Waals surface area contributed by atoms with E-state index in [9.17, 15) is 0 Å². The SMILES string of the molecule is [Ti+2]=[CH]c1cc2ccccc2o1. The molecule has 0 aliphatic carbocycles. The van der Waals surface area contributed by atoms with E-state index in [4.69, 9.17) is 4.42 Å². The van der Waals surface area contributed by atoms with Crippen molar-refractivity contribution in [2.45, 2.75) is 0 Å². The van der Waals surface area contributed by atoms with Crippen molar-refractivity contribution in [1.82, 2.24) is 0 Å². The summed E-state index contributed by atoms with van der Waals surface area (Å²) in [6, 6.07) is 10.0. The molecule has 2 aromatic rings. The number of benzene rings is 1. The molecule has 0 amide bonds. The molecule has 11 heavy (non-hydrogen) atoms. The fourth-order valence-electron chi connectivity index (χ4n) is 1.07. The predicted octanol–water partition coefficient (Wildman–Crippen LogP) is 2.13. The Balaban J connectivity index is 2.78. The van der Waals surface area contributed by atoms with Gasteiger partial charge in [-0.1, -0.05) is 0 Å². The van der Waals surface area contributed by atoms with Crippen LogP contribution < -0.4 is 0 Å². The molecule has 0 spiro atoms. The molecule has 0 aliphatic rings. The van der Waals surface area contributed by atoms with E-state index >= 15 is 0 Å². The Kier molecular flexibility index (Phi) is 1.76. The van der Waals surface area contributed by atoms with E-state index in [1.807, 2.05) is 54.6 Å². The molecule has 50 valence electrons. The van der Waals surface area contributed by atoms with Gasteiger partial charge >= 0.3 is 75.8 Å². The third kappa shape index (κ3) is 1.22. The fraction of sp³-hybridized carbons (Fsp3) is 0. The zero-order chi connectivity index (χ0) is 7.68. The van der Waals surface area contributed by atoms with Crippen LogP contribution in [0.3, 0.4) is 0 Å². The summed E-state index contributed by atoms with van der Waals surface area (Å²) in [5.41, 5.74) is 0.959. The molecule has 0 unspecified atom stereocenters. The molecular formula is C9H6OTi+2. The molecular weight excluding hydrogens is 172 g/mol. The van der Waals surface area contributed by atoms with Gasteiger partial charge in [0, 0.05) is 0 Å². The fourth-order valence-corrected chi connectivity index (χ4v) is 1.30. The molecule has 0 aliphatic heterocycles. The van der Waals surface area contributed by atoms with Gasteiger partial charge in [-0.25, -0.2) is 0 Å². The first-order valence-electron chi connectivity index (χ1n) is 3.39. The van der Waals surface area contributed by atoms with Crippen LogP contribution in [0.5, 0.6) is 0 Å². The maximum absolute atomic E-state index is 5.46. The molecule has 0 bridgehead atoms. The Morgan fingerprint density at radius 1 is 1.27 bits per heavy atom. The van der Waals surface area contributed by atoms with E-state index in [1.165, 1.54) is 5.39 Å². The molecule has 0 saturated heterocycles. The summed E-state index contributed by atoms with van der Waals surface area (Å²) in [7, 11) is 0. The van der Waals surface area contributed by atoms with Crippen LogP contribution in [-0.2, 0) is 20.0 Å². The molecule has 2 rings (SSSR count). The third-order valence-electron chi connectivity index (χ3n) is 1.59. The van der Waals surface area contributed by atoms with E-state index < -0.39 is 0 Å². The van der Waals surface area contributed by atoms with Crippen molar-refractivity contribution in [2.75, 3.05) is 0 Å². The first kappa shape index (κ1) is 7.02. The van der Waals surface area contributed by atoms with Gasteiger partial charge in [0.1, 0.15) is 0 Å². The van der Waals surface area contributed by atoms with E-state index in [0.717, 1.165) is 11.3 Å². The van der Waals surface area contributed by atoms with Gasteiger partial charge in [0.25, 0.3) is 0 Å². The van der Waals surface area contributed by atoms with Crippen molar-refractivity contribution in [2.24, 2.45) is 0 Å². The Bertz CT molecular complexity index is 356. The standard InChI is InChI=1S/C9H6O.Ti/c1-7-6-8-4-2-3-5-9(8)10-7;/h1-6H;/q;+2. The second kappa shape index (κ2) is 2.76. The van der Waals surface area contributed by atoms with Gasteiger partial charge < -0.3 is 0 Å². The summed E-state index contributed by atoms with van der Waals surface area (Å²) < 4.78 is 7.42. The van der Waals surface area contributed by atoms with E-state index in [1.54, 1.807) is 0 Å². The van der Waals surface area contributed by atoms with E-state index in [2.05, 4.69) is 0 Å². The zero-order valence-electron chi connectivity index (χ0n) is 5.87. The maximum atomic E-state index is 5.46. The number of furan rings is 1. The number of rotatable bonds is 1. The van der Waals surface area contributed by atoms with Crippen LogP contribution >= 0.6 is 0 Å². The normalized spacial score (nSPS) is 10.4. The molecule has 1 aromatic heterocycles. The summed E-state index contributed by atoms with van der Waals surface area (Å²) in [5, 5.41) is 1.17. The Hall–Kier alpha value is -0.656. The van der Waals surface area contributed by atoms with Gasteiger partial charge in [-0.3, -0.25) is 0 Å². The Morgan fingerprint density at radius 2 is 2.09 bits per heavy atom. The number of fused-ring (bicyclic) bond motifs is 1. The summed E-state index contributed by atoms with van der Waals surface area (Å²) in [4.78, 5) is 0. The molecule has 0 radical (unpaired) electrons. The average molecular weight is 178 g/mol. The van der Waals surface area contributed by atoms with E-state index in [0.29, 0.717) is 0 Å². The third-order valence-corrected chi connectivity index (χ3v) is 2.03. The van der Waals surface area contributed by atoms with Gasteiger partial charge in [0.05, 0.1) is 0 Å². The van der Waals surface area contributed by atoms with Crippen molar-refractivity contribution in [3.63, 3.8) is 0 Å². The number of hydrogen-bond acceptors (Lipinski definition) is 1. The summed E-state index contributed by atoms with van der Waals surface area (Å²) in [6.45, 7) is 0. The molecule has 0 saturated carbocycles. The molecule has 0 N–H and O–H groups in total. The summed E-state index contributed by atoms with van der Waals surface area (Å²) in [6.07, 6.45) is 0. The molecule has 1 nitrogen and oxygen atoms in total. The van der Waals surface area contributed by atoms with Crippen molar-refractivity contribution >= 4 is 15.3 Å². The van der Waals surface area contributed by atoms with Crippen LogP contribution in [0, 0.1) is 0 Å². The predicted molar refractivity (Wildman–Crippen MR) is 41.4 cm³/mol. The topological polar surface area (TPSA) is 13.1 Å². The van der Waals surface area contributed by atoms with Crippen molar-refractivity contribution in [3.8, 4) is 0 Å². The van der Waals surface area contributed by atoms with Gasteiger partial charge in [-0.15, -0.1) is 0 Å². The van der Waals surface area contributed by atoms with Crippen LogP contribution in [0.2, 0.25) is 0 Å². The van der Waals surface area contributed by atoms with Crippen molar-refractivity contribution < 1.29 is 24.4 Å². The molecule has 1 heterocycles. The summed E-state index contributed by atoms with van der Waals surface area (Å²) in [5.74, 6) is 0.936. The Labute approximate surface area is 75.9 Å². The molecule has 0 atom stereocenters. The van der Waals surface area contributed by atoms with Crippen LogP contribution in [0.25, 0.3) is 11.0 Å². The van der Waals surface area contributed by atoms with Crippen LogP contribution in [0.4, 0.5) is 0 Å². The minimum absolute atomic E-state index is 0.936. The zero-order valence-corrected chi connectivity index (χ0v) is 7.43. The summed E-state index contributed by atoms with van der Waals surface area (Å²) >= 11 is 1.97. The molecule has 2 heteroatoms. The van der Waals surface area contributed by atoms with Crippen LogP contribution in [0.1, 0.15) is 5.76 Å². The van der Waals surface area contributed by atoms with Crippen LogP contribution in [0.15, 0.2) is 34.7 Å². The number of para-hydroxylation sites is 1. The van der Waals surface area contributed by atoms with Crippen molar-refractivity contribution in [1.29, 1.82) is 0 Å². The second-order valence-electron chi connectivity index (χ2n) is 2.33. The van der Waals surface area contributed by atoms with Gasteiger partial charge in [0.2, 0.25) is 0 Å². The quantitative estimate of drug-likeness (QED) is 0.609. The first-order valence-corrected chi connectivity index (χ1v) is 4.29. The van der Waals surface area contributed by atoms with Gasteiger partial charge in [0.15, 0.2) is 0 Å². The number of hydrogen-bond donors (Lipinski definition) is 0. The molecule has 0 fully saturated rings. The van der Waals surface area contributed by atoms with Crippen LogP contribution in [-0.4, -0.2) is 4.31 Å². The molecule has 1 aromatic carbocycles. The average Bonchev–Trinajstić information content (AvgIpc) is 2.46. The van der Waals surface area contributed by atoms with Gasteiger partial charge in [-0.05, 0) is 0 Å². The first-order chi connectivity index (χ1) is 5.40. The van der Waals surface area contributed by atoms with E-state index in [-0.39, 0.29) is 0 Å². The second-order valence-corrected chi connectivity index (χ2v) is 2.78. The van der Waals surface area contributed by atoms with Gasteiger partial charge in [-0.2, -0.15) is 0 Å². The van der Waals surface area contributed by atoms with Crippen molar-refractivity contribution in [3.05, 3.63) is 36.1 Å². The minimum atomic E-state index is 0.936. The monoisotopic (exact) mass is 178 g/mol.